The van der Waals surface area contributed by atoms with E-state index in [-0.39, 0.29) is 22.9 Å². The highest BCUT2D eigenvalue weighted by Gasteiger charge is 2.31. The predicted molar refractivity (Wildman–Crippen MR) is 98.6 cm³/mol. The Morgan fingerprint density at radius 2 is 1.93 bits per heavy atom. The molecule has 0 fully saturated rings. The van der Waals surface area contributed by atoms with Crippen LogP contribution in [0.25, 0.3) is 6.08 Å². The van der Waals surface area contributed by atoms with Crippen molar-refractivity contribution in [2.24, 2.45) is 0 Å². The van der Waals surface area contributed by atoms with Gasteiger partial charge in [-0.15, -0.1) is 13.2 Å². The van der Waals surface area contributed by atoms with Gasteiger partial charge in [0, 0.05) is 11.9 Å². The summed E-state index contributed by atoms with van der Waals surface area (Å²) in [5.41, 5.74) is 0.980. The molecule has 0 heterocycles. The van der Waals surface area contributed by atoms with Crippen molar-refractivity contribution in [1.29, 1.82) is 0 Å². The molecule has 0 aliphatic heterocycles. The largest absolute Gasteiger partial charge is 0.573 e. The number of anilines is 1. The van der Waals surface area contributed by atoms with E-state index >= 15 is 0 Å². The molecule has 1 N–H and O–H groups in total. The number of hydrogen-bond acceptors (Lipinski definition) is 4. The number of hydrogen-bond donors (Lipinski definition) is 1. The highest BCUT2D eigenvalue weighted by Crippen LogP contribution is 2.31. The summed E-state index contributed by atoms with van der Waals surface area (Å²) in [5.74, 6) is -1.81. The van der Waals surface area contributed by atoms with Crippen molar-refractivity contribution < 1.29 is 32.6 Å². The Hall–Kier alpha value is -3.00. The maximum atomic E-state index is 12.3. The quantitative estimate of drug-likeness (QED) is 0.691. The maximum Gasteiger partial charge on any atom is 0.573 e. The Bertz CT molecular complexity index is 912. The van der Waals surface area contributed by atoms with Gasteiger partial charge in [0.1, 0.15) is 11.5 Å². The van der Waals surface area contributed by atoms with Crippen LogP contribution in [-0.2, 0) is 4.79 Å². The second-order valence-corrected chi connectivity index (χ2v) is 6.15. The van der Waals surface area contributed by atoms with Crippen LogP contribution in [0.3, 0.4) is 0 Å². The number of alkyl halides is 3. The summed E-state index contributed by atoms with van der Waals surface area (Å²) in [6.07, 6.45) is -1.81. The molecule has 9 heteroatoms. The van der Waals surface area contributed by atoms with Gasteiger partial charge < -0.3 is 14.7 Å². The monoisotopic (exact) mass is 413 g/mol. The number of benzene rings is 2. The summed E-state index contributed by atoms with van der Waals surface area (Å²) in [4.78, 5) is 24.2. The molecule has 0 spiro atoms. The fourth-order valence-corrected chi connectivity index (χ4v) is 2.52. The number of carboxylic acids is 1. The van der Waals surface area contributed by atoms with Crippen LogP contribution in [0, 0.1) is 0 Å². The first kappa shape index (κ1) is 21.3. The average Bonchev–Trinajstić information content (AvgIpc) is 2.59. The van der Waals surface area contributed by atoms with Crippen LogP contribution in [0.2, 0.25) is 5.02 Å². The second kappa shape index (κ2) is 8.79. The van der Waals surface area contributed by atoms with Gasteiger partial charge in [-0.05, 0) is 48.9 Å². The lowest BCUT2D eigenvalue weighted by atomic mass is 10.1. The zero-order chi connectivity index (χ0) is 20.9. The molecule has 28 heavy (non-hydrogen) atoms. The van der Waals surface area contributed by atoms with Crippen LogP contribution < -0.4 is 9.64 Å². The number of halogens is 4. The SMILES string of the molecule is CC(=O)CN(C=Cc1ccc(OC(F)(F)F)c(Cl)c1)c1cccc(C(=O)O)c1. The zero-order valence-electron chi connectivity index (χ0n) is 14.5. The first-order chi connectivity index (χ1) is 13.0. The Morgan fingerprint density at radius 3 is 2.50 bits per heavy atom. The third kappa shape index (κ3) is 6.31. The second-order valence-electron chi connectivity index (χ2n) is 5.74. The predicted octanol–water partition coefficient (Wildman–Crippen LogP) is 5.00. The lowest BCUT2D eigenvalue weighted by Gasteiger charge is -2.19. The normalized spacial score (nSPS) is 11.5. The summed E-state index contributed by atoms with van der Waals surface area (Å²) in [6.45, 7) is 1.35. The maximum absolute atomic E-state index is 12.3. The molecule has 0 radical (unpaired) electrons. The number of ketones is 1. The van der Waals surface area contributed by atoms with Crippen molar-refractivity contribution in [3.63, 3.8) is 0 Å². The summed E-state index contributed by atoms with van der Waals surface area (Å²) in [5, 5.41) is 8.88. The summed E-state index contributed by atoms with van der Waals surface area (Å²) >= 11 is 5.82. The van der Waals surface area contributed by atoms with Gasteiger partial charge in [0.15, 0.2) is 0 Å². The molecular weight excluding hydrogens is 399 g/mol. The van der Waals surface area contributed by atoms with Gasteiger partial charge in [0.2, 0.25) is 0 Å². The smallest absolute Gasteiger partial charge is 0.478 e. The molecule has 2 rings (SSSR count). The van der Waals surface area contributed by atoms with Crippen LogP contribution >= 0.6 is 11.6 Å². The van der Waals surface area contributed by atoms with E-state index < -0.39 is 18.1 Å². The Morgan fingerprint density at radius 1 is 1.21 bits per heavy atom. The summed E-state index contributed by atoms with van der Waals surface area (Å²) in [7, 11) is 0. The molecule has 0 unspecified atom stereocenters. The molecule has 0 saturated carbocycles. The van der Waals surface area contributed by atoms with Gasteiger partial charge in [-0.1, -0.05) is 23.7 Å². The van der Waals surface area contributed by atoms with E-state index in [9.17, 15) is 22.8 Å². The van der Waals surface area contributed by atoms with Crippen molar-refractivity contribution in [3.05, 3.63) is 64.8 Å². The number of nitrogens with zero attached hydrogens (tertiary/aromatic N) is 1. The Balaban J connectivity index is 2.28. The Labute approximate surface area is 163 Å². The van der Waals surface area contributed by atoms with Crippen LogP contribution in [-0.4, -0.2) is 29.8 Å². The molecule has 148 valence electrons. The van der Waals surface area contributed by atoms with E-state index in [2.05, 4.69) is 4.74 Å². The minimum Gasteiger partial charge on any atom is -0.478 e. The number of rotatable bonds is 7. The molecule has 0 saturated heterocycles. The minimum absolute atomic E-state index is 0.0252. The van der Waals surface area contributed by atoms with Gasteiger partial charge in [0.05, 0.1) is 17.1 Å². The van der Waals surface area contributed by atoms with Crippen LogP contribution in [0.1, 0.15) is 22.8 Å². The van der Waals surface area contributed by atoms with E-state index in [4.69, 9.17) is 16.7 Å². The average molecular weight is 414 g/mol. The van der Waals surface area contributed by atoms with Crippen LogP contribution in [0.5, 0.6) is 5.75 Å². The number of carboxylic acid groups (broad SMARTS) is 1. The number of aromatic carboxylic acids is 1. The topological polar surface area (TPSA) is 66.8 Å². The molecule has 2 aromatic rings. The highest BCUT2D eigenvalue weighted by molar-refractivity contribution is 6.32. The lowest BCUT2D eigenvalue weighted by Crippen LogP contribution is -2.23. The van der Waals surface area contributed by atoms with Gasteiger partial charge >= 0.3 is 12.3 Å². The summed E-state index contributed by atoms with van der Waals surface area (Å²) < 4.78 is 40.7. The van der Waals surface area contributed by atoms with E-state index in [1.54, 1.807) is 12.1 Å². The molecule has 0 atom stereocenters. The highest BCUT2D eigenvalue weighted by atomic mass is 35.5. The van der Waals surface area contributed by atoms with E-state index in [1.807, 2.05) is 0 Å². The molecule has 0 bridgehead atoms. The van der Waals surface area contributed by atoms with Crippen molar-refractivity contribution >= 4 is 35.1 Å². The molecule has 5 nitrogen and oxygen atoms in total. The molecule has 0 aliphatic carbocycles. The third-order valence-electron chi connectivity index (χ3n) is 3.45. The van der Waals surface area contributed by atoms with Crippen molar-refractivity contribution in [3.8, 4) is 5.75 Å². The standard InChI is InChI=1S/C19H15ClF3NO4/c1-12(25)11-24(15-4-2-3-14(10-15)18(26)27)8-7-13-5-6-17(16(20)9-13)28-19(21,22)23/h2-10H,11H2,1H3,(H,26,27). The number of carbonyl (C=O) groups excluding carboxylic acids is 1. The third-order valence-corrected chi connectivity index (χ3v) is 3.74. The number of carbonyl (C=O) groups is 2. The summed E-state index contributed by atoms with van der Waals surface area (Å²) in [6, 6.07) is 9.72. The fourth-order valence-electron chi connectivity index (χ4n) is 2.29. The van der Waals surface area contributed by atoms with Crippen LogP contribution in [0.15, 0.2) is 48.7 Å². The van der Waals surface area contributed by atoms with E-state index in [1.165, 1.54) is 48.4 Å². The molecule has 0 amide bonds. The number of Topliss-reactive ketones (excluding diaryl/α,β-unsaturated/α-hetero) is 1. The van der Waals surface area contributed by atoms with E-state index in [0.29, 0.717) is 11.3 Å². The fraction of sp³-hybridized carbons (Fsp3) is 0.158. The lowest BCUT2D eigenvalue weighted by molar-refractivity contribution is -0.274. The molecule has 0 aliphatic rings. The first-order valence-corrected chi connectivity index (χ1v) is 8.26. The molecule has 2 aromatic carbocycles. The van der Waals surface area contributed by atoms with Crippen molar-refractivity contribution in [2.45, 2.75) is 13.3 Å². The Kier molecular flexibility index (Phi) is 6.69. The van der Waals surface area contributed by atoms with Gasteiger partial charge in [0.25, 0.3) is 0 Å². The zero-order valence-corrected chi connectivity index (χ0v) is 15.3. The number of ether oxygens (including phenoxy) is 1. The molecular formula is C19H15ClF3NO4. The van der Waals surface area contributed by atoms with Gasteiger partial charge in [-0.3, -0.25) is 4.79 Å². The van der Waals surface area contributed by atoms with Gasteiger partial charge in [-0.25, -0.2) is 4.79 Å². The van der Waals surface area contributed by atoms with Crippen molar-refractivity contribution in [1.82, 2.24) is 0 Å². The molecule has 0 aromatic heterocycles. The first-order valence-electron chi connectivity index (χ1n) is 7.88. The minimum atomic E-state index is -4.85. The van der Waals surface area contributed by atoms with Gasteiger partial charge in [-0.2, -0.15) is 0 Å². The van der Waals surface area contributed by atoms with Crippen molar-refractivity contribution in [2.75, 3.05) is 11.4 Å². The van der Waals surface area contributed by atoms with Crippen LogP contribution in [0.4, 0.5) is 18.9 Å². The van der Waals surface area contributed by atoms with E-state index in [0.717, 1.165) is 6.07 Å².